The van der Waals surface area contributed by atoms with Gasteiger partial charge in [-0.2, -0.15) is 0 Å². The highest BCUT2D eigenvalue weighted by molar-refractivity contribution is 6.12. The third-order valence-corrected chi connectivity index (χ3v) is 7.21. The average Bonchev–Trinajstić information content (AvgIpc) is 3.53. The van der Waals surface area contributed by atoms with E-state index in [1.807, 2.05) is 54.6 Å². The molecule has 0 saturated carbocycles. The Hall–Kier alpha value is -5.22. The van der Waals surface area contributed by atoms with E-state index in [1.54, 1.807) is 0 Å². The zero-order chi connectivity index (χ0) is 25.1. The fraction of sp³-hybridized carbons (Fsp3) is 0. The predicted molar refractivity (Wildman–Crippen MR) is 155 cm³/mol. The predicted octanol–water partition coefficient (Wildman–Crippen LogP) is 8.81. The maximum atomic E-state index is 6.37. The van der Waals surface area contributed by atoms with Crippen molar-refractivity contribution >= 4 is 43.9 Å². The van der Waals surface area contributed by atoms with E-state index in [4.69, 9.17) is 14.4 Å². The summed E-state index contributed by atoms with van der Waals surface area (Å²) < 4.78 is 8.69. The average molecular weight is 488 g/mol. The van der Waals surface area contributed by atoms with Crippen molar-refractivity contribution in [3.05, 3.63) is 127 Å². The highest BCUT2D eigenvalue weighted by Crippen LogP contribution is 2.38. The van der Waals surface area contributed by atoms with Crippen LogP contribution in [0.15, 0.2) is 132 Å². The molecule has 0 bridgehead atoms. The Morgan fingerprint density at radius 1 is 0.526 bits per heavy atom. The molecule has 0 saturated heterocycles. The van der Waals surface area contributed by atoms with E-state index in [9.17, 15) is 0 Å². The molecule has 4 heteroatoms. The number of rotatable bonds is 3. The number of benzene rings is 5. The van der Waals surface area contributed by atoms with Crippen LogP contribution < -0.4 is 0 Å². The lowest BCUT2D eigenvalue weighted by atomic mass is 10.1. The van der Waals surface area contributed by atoms with Gasteiger partial charge in [0, 0.05) is 33.0 Å². The highest BCUT2D eigenvalue weighted by Gasteiger charge is 2.19. The van der Waals surface area contributed by atoms with Gasteiger partial charge < -0.3 is 8.98 Å². The maximum absolute atomic E-state index is 6.37. The monoisotopic (exact) mass is 487 g/mol. The lowest BCUT2D eigenvalue weighted by Gasteiger charge is -2.09. The molecule has 178 valence electrons. The number of hydrogen-bond acceptors (Lipinski definition) is 3. The van der Waals surface area contributed by atoms with Crippen LogP contribution in [0.25, 0.3) is 72.2 Å². The molecular weight excluding hydrogens is 466 g/mol. The molecule has 0 fully saturated rings. The molecule has 8 rings (SSSR count). The van der Waals surface area contributed by atoms with Crippen LogP contribution in [0.3, 0.4) is 0 Å². The molecule has 0 aliphatic rings. The number of aromatic nitrogens is 3. The van der Waals surface area contributed by atoms with Crippen molar-refractivity contribution in [2.75, 3.05) is 0 Å². The van der Waals surface area contributed by atoms with Crippen molar-refractivity contribution in [3.8, 4) is 28.3 Å². The zero-order valence-corrected chi connectivity index (χ0v) is 20.4. The van der Waals surface area contributed by atoms with E-state index in [1.165, 1.54) is 16.3 Å². The largest absolute Gasteiger partial charge is 0.452 e. The quantitative estimate of drug-likeness (QED) is 0.250. The second-order valence-corrected chi connectivity index (χ2v) is 9.46. The van der Waals surface area contributed by atoms with Gasteiger partial charge in [-0.3, -0.25) is 0 Å². The number of para-hydroxylation sites is 3. The molecule has 0 aliphatic carbocycles. The highest BCUT2D eigenvalue weighted by atomic mass is 16.3. The molecular formula is C34H21N3O. The molecule has 5 aromatic carbocycles. The van der Waals surface area contributed by atoms with Crippen LogP contribution in [0.4, 0.5) is 0 Å². The Morgan fingerprint density at radius 3 is 2.05 bits per heavy atom. The lowest BCUT2D eigenvalue weighted by Crippen LogP contribution is -1.94. The molecule has 8 aromatic rings. The molecule has 38 heavy (non-hydrogen) atoms. The molecule has 0 unspecified atom stereocenters. The van der Waals surface area contributed by atoms with E-state index in [-0.39, 0.29) is 0 Å². The molecule has 0 aliphatic heterocycles. The number of hydrogen-bond donors (Lipinski definition) is 0. The van der Waals surface area contributed by atoms with E-state index in [0.717, 1.165) is 44.5 Å². The molecule has 0 spiro atoms. The summed E-state index contributed by atoms with van der Waals surface area (Å²) >= 11 is 0. The van der Waals surface area contributed by atoms with Gasteiger partial charge in [0.2, 0.25) is 0 Å². The van der Waals surface area contributed by atoms with Gasteiger partial charge in [0.1, 0.15) is 16.8 Å². The summed E-state index contributed by atoms with van der Waals surface area (Å²) in [5, 5.41) is 3.36. The van der Waals surface area contributed by atoms with Crippen LogP contribution >= 0.6 is 0 Å². The Morgan fingerprint density at radius 2 is 1.21 bits per heavy atom. The van der Waals surface area contributed by atoms with Crippen LogP contribution in [0.5, 0.6) is 0 Å². The van der Waals surface area contributed by atoms with Crippen LogP contribution in [0.1, 0.15) is 0 Å². The fourth-order valence-electron chi connectivity index (χ4n) is 5.48. The summed E-state index contributed by atoms with van der Waals surface area (Å²) in [4.78, 5) is 10.0. The van der Waals surface area contributed by atoms with Crippen molar-refractivity contribution in [2.24, 2.45) is 0 Å². The number of nitrogens with zero attached hydrogens (tertiary/aromatic N) is 3. The molecule has 0 N–H and O–H groups in total. The Labute approximate surface area is 218 Å². The van der Waals surface area contributed by atoms with Crippen molar-refractivity contribution in [1.82, 2.24) is 14.5 Å². The van der Waals surface area contributed by atoms with Gasteiger partial charge in [-0.25, -0.2) is 9.97 Å². The van der Waals surface area contributed by atoms with Crippen molar-refractivity contribution in [2.45, 2.75) is 0 Å². The van der Waals surface area contributed by atoms with Gasteiger partial charge in [0.25, 0.3) is 0 Å². The van der Waals surface area contributed by atoms with Crippen molar-refractivity contribution in [3.63, 3.8) is 0 Å². The van der Waals surface area contributed by atoms with Gasteiger partial charge in [-0.1, -0.05) is 84.9 Å². The molecule has 0 radical (unpaired) electrons. The third kappa shape index (κ3) is 3.10. The van der Waals surface area contributed by atoms with Gasteiger partial charge in [-0.05, 0) is 42.5 Å². The van der Waals surface area contributed by atoms with Gasteiger partial charge >= 0.3 is 0 Å². The van der Waals surface area contributed by atoms with Crippen LogP contribution in [0, 0.1) is 0 Å². The minimum atomic E-state index is 0.687. The summed E-state index contributed by atoms with van der Waals surface area (Å²) in [5.74, 6) is 0.687. The Bertz CT molecular complexity index is 2120. The number of furan rings is 1. The van der Waals surface area contributed by atoms with Crippen molar-refractivity contribution in [1.29, 1.82) is 0 Å². The van der Waals surface area contributed by atoms with Crippen LogP contribution in [-0.4, -0.2) is 14.5 Å². The topological polar surface area (TPSA) is 43.9 Å². The molecule has 4 nitrogen and oxygen atoms in total. The first kappa shape index (κ1) is 20.9. The first-order chi connectivity index (χ1) is 18.8. The summed E-state index contributed by atoms with van der Waals surface area (Å²) in [6.07, 6.45) is 0. The maximum Gasteiger partial charge on any atom is 0.180 e. The Balaban J connectivity index is 1.44. The van der Waals surface area contributed by atoms with Crippen LogP contribution in [-0.2, 0) is 0 Å². The molecule has 3 heterocycles. The van der Waals surface area contributed by atoms with E-state index < -0.39 is 0 Å². The van der Waals surface area contributed by atoms with Crippen molar-refractivity contribution < 1.29 is 4.42 Å². The van der Waals surface area contributed by atoms with E-state index in [2.05, 4.69) is 77.4 Å². The summed E-state index contributed by atoms with van der Waals surface area (Å²) in [7, 11) is 0. The molecule has 0 amide bonds. The Kier molecular flexibility index (Phi) is 4.49. The van der Waals surface area contributed by atoms with Gasteiger partial charge in [0.15, 0.2) is 11.4 Å². The van der Waals surface area contributed by atoms with E-state index in [0.29, 0.717) is 11.4 Å². The third-order valence-electron chi connectivity index (χ3n) is 7.21. The standard InChI is InChI=1S/C34H21N3O/c1-3-11-22(12-4-1)34-35-31(33-32(36-34)26-16-8-10-18-30(26)38-33)23-19-20-29-27(21-23)25-15-7-9-17-28(25)37(29)24-13-5-2-6-14-24/h1-21H. The van der Waals surface area contributed by atoms with Gasteiger partial charge in [0.05, 0.1) is 11.0 Å². The fourth-order valence-corrected chi connectivity index (χ4v) is 5.48. The van der Waals surface area contributed by atoms with E-state index >= 15 is 0 Å². The van der Waals surface area contributed by atoms with Gasteiger partial charge in [-0.15, -0.1) is 0 Å². The van der Waals surface area contributed by atoms with Crippen LogP contribution in [0.2, 0.25) is 0 Å². The zero-order valence-electron chi connectivity index (χ0n) is 20.4. The first-order valence-corrected chi connectivity index (χ1v) is 12.7. The second kappa shape index (κ2) is 8.15. The normalized spacial score (nSPS) is 11.7. The summed E-state index contributed by atoms with van der Waals surface area (Å²) in [6.45, 7) is 0. The summed E-state index contributed by atoms with van der Waals surface area (Å²) in [5.41, 5.74) is 8.58. The molecule has 0 atom stereocenters. The first-order valence-electron chi connectivity index (χ1n) is 12.7. The summed E-state index contributed by atoms with van der Waals surface area (Å²) in [6, 6.07) is 43.8. The second-order valence-electron chi connectivity index (χ2n) is 9.46. The number of fused-ring (bicyclic) bond motifs is 6. The lowest BCUT2D eigenvalue weighted by molar-refractivity contribution is 0.667. The molecule has 3 aromatic heterocycles. The SMILES string of the molecule is c1ccc(-c2nc(-c3ccc4c(c3)c3ccccc3n4-c3ccccc3)c3oc4ccccc4c3n2)cc1. The smallest absolute Gasteiger partial charge is 0.180 e. The minimum Gasteiger partial charge on any atom is -0.452 e. The minimum absolute atomic E-state index is 0.687.